The number of esters is 1. The molecular weight excluding hydrogens is 454 g/mol. The minimum absolute atomic E-state index is 0.184. The van der Waals surface area contributed by atoms with E-state index in [1.165, 1.54) is 24.5 Å². The average Bonchev–Trinajstić information content (AvgIpc) is 3.23. The number of ether oxygens (including phenoxy) is 2. The topological polar surface area (TPSA) is 94.8 Å². The molecule has 0 bridgehead atoms. The number of thiophene rings is 1. The van der Waals surface area contributed by atoms with Gasteiger partial charge in [-0.25, -0.2) is 9.59 Å². The third kappa shape index (κ3) is 4.45. The zero-order chi connectivity index (χ0) is 24.4. The average molecular weight is 478 g/mol. The lowest BCUT2D eigenvalue weighted by molar-refractivity contribution is 0.0529. The van der Waals surface area contributed by atoms with Crippen molar-refractivity contribution in [2.24, 2.45) is 0 Å². The molecule has 0 atom stereocenters. The number of carbonyl (C=O) groups is 2. The Labute approximate surface area is 199 Å². The van der Waals surface area contributed by atoms with Gasteiger partial charge in [-0.2, -0.15) is 0 Å². The number of methoxy groups -OCH3 is 1. The van der Waals surface area contributed by atoms with Gasteiger partial charge < -0.3 is 19.2 Å². The quantitative estimate of drug-likeness (QED) is 0.288. The van der Waals surface area contributed by atoms with Crippen LogP contribution in [0.1, 0.15) is 38.8 Å². The Morgan fingerprint density at radius 2 is 1.85 bits per heavy atom. The second-order valence-corrected chi connectivity index (χ2v) is 8.56. The summed E-state index contributed by atoms with van der Waals surface area (Å²) in [5.41, 5.74) is 3.31. The van der Waals surface area contributed by atoms with Crippen molar-refractivity contribution in [1.82, 2.24) is 0 Å². The lowest BCUT2D eigenvalue weighted by atomic mass is 9.99. The molecule has 4 aromatic rings. The summed E-state index contributed by atoms with van der Waals surface area (Å²) in [6.45, 7) is 5.90. The van der Waals surface area contributed by atoms with Crippen LogP contribution in [0.3, 0.4) is 0 Å². The van der Waals surface area contributed by atoms with Gasteiger partial charge in [-0.15, -0.1) is 11.3 Å². The summed E-state index contributed by atoms with van der Waals surface area (Å²) in [4.78, 5) is 38.4. The molecule has 4 rings (SSSR count). The van der Waals surface area contributed by atoms with Crippen LogP contribution >= 0.6 is 11.3 Å². The Bertz CT molecular complexity index is 1470. The molecule has 0 spiro atoms. The number of fused-ring (bicyclic) bond motifs is 1. The molecule has 2 aromatic carbocycles. The molecule has 0 saturated heterocycles. The number of rotatable bonds is 6. The molecule has 0 fully saturated rings. The molecule has 8 heteroatoms. The molecule has 0 aliphatic rings. The van der Waals surface area contributed by atoms with E-state index >= 15 is 0 Å². The van der Waals surface area contributed by atoms with E-state index in [2.05, 4.69) is 5.32 Å². The third-order valence-electron chi connectivity index (χ3n) is 5.50. The highest BCUT2D eigenvalue weighted by Crippen LogP contribution is 2.37. The van der Waals surface area contributed by atoms with Crippen molar-refractivity contribution in [2.45, 2.75) is 20.8 Å². The molecule has 2 aromatic heterocycles. The van der Waals surface area contributed by atoms with Crippen molar-refractivity contribution < 1.29 is 23.5 Å². The number of aryl methyl sites for hydroxylation is 2. The summed E-state index contributed by atoms with van der Waals surface area (Å²) >= 11 is 1.19. The van der Waals surface area contributed by atoms with E-state index in [9.17, 15) is 14.4 Å². The summed E-state index contributed by atoms with van der Waals surface area (Å²) in [5.74, 6) is -0.673. The van der Waals surface area contributed by atoms with E-state index < -0.39 is 17.5 Å². The number of nitrogens with one attached hydrogen (secondary N) is 1. The molecule has 1 N–H and O–H groups in total. The maximum absolute atomic E-state index is 13.1. The number of benzene rings is 2. The normalized spacial score (nSPS) is 10.8. The van der Waals surface area contributed by atoms with Crippen molar-refractivity contribution >= 4 is 39.2 Å². The van der Waals surface area contributed by atoms with E-state index in [0.717, 1.165) is 16.7 Å². The predicted molar refractivity (Wildman–Crippen MR) is 132 cm³/mol. The molecule has 174 valence electrons. The van der Waals surface area contributed by atoms with E-state index in [1.54, 1.807) is 30.5 Å². The minimum Gasteiger partial charge on any atom is -0.497 e. The fraction of sp³-hybridized carbons (Fsp3) is 0.192. The van der Waals surface area contributed by atoms with Crippen molar-refractivity contribution in [2.75, 3.05) is 19.0 Å². The number of amides is 1. The molecule has 2 heterocycles. The molecule has 0 aliphatic heterocycles. The van der Waals surface area contributed by atoms with Crippen LogP contribution in [0.5, 0.6) is 5.75 Å². The Balaban J connectivity index is 1.75. The molecule has 7 nitrogen and oxygen atoms in total. The van der Waals surface area contributed by atoms with Gasteiger partial charge in [-0.3, -0.25) is 4.79 Å². The van der Waals surface area contributed by atoms with E-state index in [4.69, 9.17) is 13.9 Å². The van der Waals surface area contributed by atoms with Crippen LogP contribution in [0.4, 0.5) is 5.00 Å². The number of hydrogen-bond acceptors (Lipinski definition) is 7. The summed E-state index contributed by atoms with van der Waals surface area (Å²) in [6, 6.07) is 12.3. The highest BCUT2D eigenvalue weighted by molar-refractivity contribution is 7.15. The van der Waals surface area contributed by atoms with Gasteiger partial charge in [0.1, 0.15) is 27.5 Å². The first-order valence-electron chi connectivity index (χ1n) is 10.6. The fourth-order valence-electron chi connectivity index (χ4n) is 3.53. The highest BCUT2D eigenvalue weighted by atomic mass is 32.1. The third-order valence-corrected chi connectivity index (χ3v) is 6.39. The Hall–Kier alpha value is -3.91. The van der Waals surface area contributed by atoms with Crippen molar-refractivity contribution in [1.29, 1.82) is 0 Å². The van der Waals surface area contributed by atoms with Crippen LogP contribution in [0.15, 0.2) is 57.1 Å². The van der Waals surface area contributed by atoms with Crippen LogP contribution in [-0.2, 0) is 4.74 Å². The summed E-state index contributed by atoms with van der Waals surface area (Å²) < 4.78 is 15.8. The second kappa shape index (κ2) is 9.52. The molecule has 1 amide bonds. The smallest absolute Gasteiger partial charge is 0.349 e. The van der Waals surface area contributed by atoms with Crippen molar-refractivity contribution in [3.05, 3.63) is 80.5 Å². The fourth-order valence-corrected chi connectivity index (χ4v) is 4.49. The summed E-state index contributed by atoms with van der Waals surface area (Å²) in [5, 5.41) is 5.33. The largest absolute Gasteiger partial charge is 0.497 e. The maximum atomic E-state index is 13.1. The molecule has 0 unspecified atom stereocenters. The van der Waals surface area contributed by atoms with Gasteiger partial charge in [-0.05, 0) is 61.7 Å². The van der Waals surface area contributed by atoms with Gasteiger partial charge in [0, 0.05) is 16.3 Å². The van der Waals surface area contributed by atoms with Crippen LogP contribution in [0, 0.1) is 13.8 Å². The lowest BCUT2D eigenvalue weighted by Crippen LogP contribution is -2.21. The predicted octanol–water partition coefficient (Wildman–Crippen LogP) is 5.58. The molecular formula is C26H23NO6S. The van der Waals surface area contributed by atoms with E-state index in [-0.39, 0.29) is 17.7 Å². The maximum Gasteiger partial charge on any atom is 0.349 e. The molecule has 34 heavy (non-hydrogen) atoms. The van der Waals surface area contributed by atoms with Gasteiger partial charge >= 0.3 is 11.6 Å². The van der Waals surface area contributed by atoms with Crippen molar-refractivity contribution in [3.63, 3.8) is 0 Å². The Kier molecular flexibility index (Phi) is 6.51. The first-order valence-corrected chi connectivity index (χ1v) is 11.5. The van der Waals surface area contributed by atoms with E-state index in [1.807, 2.05) is 32.0 Å². The molecule has 0 aliphatic carbocycles. The Morgan fingerprint density at radius 3 is 2.56 bits per heavy atom. The number of hydrogen-bond donors (Lipinski definition) is 1. The first kappa shape index (κ1) is 23.3. The van der Waals surface area contributed by atoms with Gasteiger partial charge in [0.25, 0.3) is 5.91 Å². The Morgan fingerprint density at radius 1 is 1.06 bits per heavy atom. The zero-order valence-electron chi connectivity index (χ0n) is 19.2. The summed E-state index contributed by atoms with van der Waals surface area (Å²) in [6.07, 6.45) is 0. The second-order valence-electron chi connectivity index (χ2n) is 7.68. The van der Waals surface area contributed by atoms with Crippen molar-refractivity contribution in [3.8, 4) is 16.9 Å². The first-order chi connectivity index (χ1) is 16.3. The van der Waals surface area contributed by atoms with Gasteiger partial charge in [0.05, 0.1) is 13.7 Å². The van der Waals surface area contributed by atoms with Crippen LogP contribution in [-0.4, -0.2) is 25.6 Å². The van der Waals surface area contributed by atoms with Gasteiger partial charge in [0.15, 0.2) is 0 Å². The van der Waals surface area contributed by atoms with Crippen LogP contribution < -0.4 is 15.7 Å². The van der Waals surface area contributed by atoms with Crippen LogP contribution in [0.25, 0.3) is 22.1 Å². The number of anilines is 1. The summed E-state index contributed by atoms with van der Waals surface area (Å²) in [7, 11) is 1.52. The molecule has 0 saturated carbocycles. The molecule has 0 radical (unpaired) electrons. The zero-order valence-corrected chi connectivity index (χ0v) is 20.0. The SMILES string of the molecule is CCOC(=O)c1c(-c2ccc(C)c(C)c2)csc1NC(=O)c1cc2cc(OC)ccc2oc1=O. The monoisotopic (exact) mass is 477 g/mol. The standard InChI is InChI=1S/C26H23NO6S/c1-5-32-26(30)22-20(16-7-6-14(2)15(3)10-16)13-34-24(22)27-23(28)19-12-17-11-18(31-4)8-9-21(17)33-25(19)29/h6-13H,5H2,1-4H3,(H,27,28). The van der Waals surface area contributed by atoms with Gasteiger partial charge in [-0.1, -0.05) is 18.2 Å². The minimum atomic E-state index is -0.779. The lowest BCUT2D eigenvalue weighted by Gasteiger charge is -2.10. The van der Waals surface area contributed by atoms with E-state index in [0.29, 0.717) is 27.3 Å². The highest BCUT2D eigenvalue weighted by Gasteiger charge is 2.24. The van der Waals surface area contributed by atoms with Gasteiger partial charge in [0.2, 0.25) is 0 Å². The number of carbonyl (C=O) groups excluding carboxylic acids is 2. The van der Waals surface area contributed by atoms with Crippen LogP contribution in [0.2, 0.25) is 0 Å².